The first kappa shape index (κ1) is 20.7. The van der Waals surface area contributed by atoms with Crippen LogP contribution in [0.25, 0.3) is 0 Å². The molecule has 0 amide bonds. The normalized spacial score (nSPS) is 15.3. The number of hydrogen-bond acceptors (Lipinski definition) is 4. The Morgan fingerprint density at radius 1 is 0.778 bits per heavy atom. The second-order valence-corrected chi connectivity index (χ2v) is 6.96. The fraction of sp³-hybridized carbons (Fsp3) is 0.391. The van der Waals surface area contributed by atoms with E-state index in [1.807, 2.05) is 45.0 Å². The molecule has 4 unspecified atom stereocenters. The lowest BCUT2D eigenvalue weighted by atomic mass is 9.88. The first-order valence-corrected chi connectivity index (χ1v) is 9.46. The molecular formula is C23H28O4. The third kappa shape index (κ3) is 5.68. The molecule has 0 aliphatic carbocycles. The maximum Gasteiger partial charge on any atom is 0.338 e. The number of carbonyl (C=O) groups is 2. The Hall–Kier alpha value is -2.62. The van der Waals surface area contributed by atoms with Crippen LogP contribution in [0.15, 0.2) is 60.7 Å². The topological polar surface area (TPSA) is 52.6 Å². The van der Waals surface area contributed by atoms with Gasteiger partial charge in [0, 0.05) is 5.92 Å². The lowest BCUT2D eigenvalue weighted by Gasteiger charge is -2.32. The minimum absolute atomic E-state index is 0.139. The van der Waals surface area contributed by atoms with Crippen LogP contribution in [0.1, 0.15) is 54.8 Å². The molecule has 0 fully saturated rings. The zero-order valence-corrected chi connectivity index (χ0v) is 16.4. The van der Waals surface area contributed by atoms with Gasteiger partial charge in [0.25, 0.3) is 0 Å². The summed E-state index contributed by atoms with van der Waals surface area (Å²) in [6.07, 6.45) is 0.123. The molecule has 0 saturated heterocycles. The van der Waals surface area contributed by atoms with E-state index >= 15 is 0 Å². The fourth-order valence-corrected chi connectivity index (χ4v) is 2.93. The average molecular weight is 368 g/mol. The Kier molecular flexibility index (Phi) is 7.59. The summed E-state index contributed by atoms with van der Waals surface area (Å²) in [6.45, 7) is 7.90. The van der Waals surface area contributed by atoms with Crippen molar-refractivity contribution in [3.8, 4) is 0 Å². The largest absolute Gasteiger partial charge is 0.459 e. The van der Waals surface area contributed by atoms with Crippen molar-refractivity contribution in [2.24, 2.45) is 11.8 Å². The Bertz CT molecular complexity index is 727. The van der Waals surface area contributed by atoms with Gasteiger partial charge in [0.15, 0.2) is 0 Å². The average Bonchev–Trinajstić information content (AvgIpc) is 2.71. The second kappa shape index (κ2) is 9.91. The Morgan fingerprint density at radius 3 is 1.67 bits per heavy atom. The minimum atomic E-state index is -0.389. The molecule has 0 radical (unpaired) electrons. The highest BCUT2D eigenvalue weighted by molar-refractivity contribution is 5.90. The smallest absolute Gasteiger partial charge is 0.338 e. The van der Waals surface area contributed by atoms with Gasteiger partial charge >= 0.3 is 11.9 Å². The summed E-state index contributed by atoms with van der Waals surface area (Å²) in [5, 5.41) is 0. The predicted octanol–water partition coefficient (Wildman–Crippen LogP) is 5.14. The van der Waals surface area contributed by atoms with Crippen molar-refractivity contribution in [3.63, 3.8) is 0 Å². The van der Waals surface area contributed by atoms with Crippen molar-refractivity contribution in [2.45, 2.75) is 46.3 Å². The lowest BCUT2D eigenvalue weighted by Crippen LogP contribution is -2.38. The van der Waals surface area contributed by atoms with Gasteiger partial charge in [-0.2, -0.15) is 0 Å². The zero-order valence-electron chi connectivity index (χ0n) is 16.4. The molecule has 0 spiro atoms. The van der Waals surface area contributed by atoms with Crippen molar-refractivity contribution >= 4 is 11.9 Å². The molecule has 2 aromatic carbocycles. The van der Waals surface area contributed by atoms with E-state index < -0.39 is 0 Å². The highest BCUT2D eigenvalue weighted by Crippen LogP contribution is 2.25. The monoisotopic (exact) mass is 368 g/mol. The molecule has 0 aliphatic heterocycles. The van der Waals surface area contributed by atoms with Crippen molar-refractivity contribution < 1.29 is 19.1 Å². The number of carbonyl (C=O) groups excluding carboxylic acids is 2. The Morgan fingerprint density at radius 2 is 1.22 bits per heavy atom. The van der Waals surface area contributed by atoms with E-state index in [1.165, 1.54) is 0 Å². The van der Waals surface area contributed by atoms with Gasteiger partial charge < -0.3 is 9.47 Å². The molecule has 2 aromatic rings. The summed E-state index contributed by atoms with van der Waals surface area (Å²) in [5.41, 5.74) is 1.03. The molecule has 0 aliphatic rings. The summed E-state index contributed by atoms with van der Waals surface area (Å²) in [5.74, 6) is -0.715. The molecule has 4 heteroatoms. The zero-order chi connectivity index (χ0) is 19.8. The molecule has 4 nitrogen and oxygen atoms in total. The third-order valence-corrected chi connectivity index (χ3v) is 5.02. The molecule has 0 N–H and O–H groups in total. The van der Waals surface area contributed by atoms with Crippen LogP contribution in [-0.4, -0.2) is 24.1 Å². The van der Waals surface area contributed by atoms with Crippen LogP contribution in [-0.2, 0) is 9.47 Å². The summed E-state index contributed by atoms with van der Waals surface area (Å²) >= 11 is 0. The van der Waals surface area contributed by atoms with Gasteiger partial charge in [-0.3, -0.25) is 0 Å². The van der Waals surface area contributed by atoms with Crippen molar-refractivity contribution in [2.75, 3.05) is 0 Å². The second-order valence-electron chi connectivity index (χ2n) is 6.96. The highest BCUT2D eigenvalue weighted by Gasteiger charge is 2.32. The number of benzene rings is 2. The van der Waals surface area contributed by atoms with Gasteiger partial charge in [0.2, 0.25) is 0 Å². The number of rotatable bonds is 8. The maximum absolute atomic E-state index is 12.5. The van der Waals surface area contributed by atoms with Crippen molar-refractivity contribution in [1.82, 2.24) is 0 Å². The van der Waals surface area contributed by atoms with Gasteiger partial charge in [0.1, 0.15) is 12.2 Å². The maximum atomic E-state index is 12.5. The van der Waals surface area contributed by atoms with E-state index in [2.05, 4.69) is 6.92 Å². The van der Waals surface area contributed by atoms with Crippen molar-refractivity contribution in [1.29, 1.82) is 0 Å². The van der Waals surface area contributed by atoms with Crippen LogP contribution in [0.5, 0.6) is 0 Å². The van der Waals surface area contributed by atoms with E-state index in [1.54, 1.807) is 36.4 Å². The van der Waals surface area contributed by atoms with Crippen LogP contribution in [0.2, 0.25) is 0 Å². The molecule has 144 valence electrons. The number of ether oxygens (including phenoxy) is 2. The summed E-state index contributed by atoms with van der Waals surface area (Å²) < 4.78 is 11.5. The standard InChI is InChI=1S/C23H28O4/c1-5-16(2)21(27-23(25)20-14-10-7-11-15-20)17(3)18(4)26-22(24)19-12-8-6-9-13-19/h6-18,21H,5H2,1-4H3. The number of esters is 2. The molecule has 27 heavy (non-hydrogen) atoms. The molecule has 2 rings (SSSR count). The van der Waals surface area contributed by atoms with Crippen LogP contribution in [0, 0.1) is 11.8 Å². The van der Waals surface area contributed by atoms with Gasteiger partial charge in [-0.15, -0.1) is 0 Å². The molecule has 0 bridgehead atoms. The van der Waals surface area contributed by atoms with E-state index in [0.717, 1.165) is 6.42 Å². The molecular weight excluding hydrogens is 340 g/mol. The van der Waals surface area contributed by atoms with E-state index in [9.17, 15) is 9.59 Å². The van der Waals surface area contributed by atoms with Crippen LogP contribution in [0.3, 0.4) is 0 Å². The van der Waals surface area contributed by atoms with E-state index in [4.69, 9.17) is 9.47 Å². The van der Waals surface area contributed by atoms with E-state index in [0.29, 0.717) is 11.1 Å². The Balaban J connectivity index is 2.08. The van der Waals surface area contributed by atoms with Crippen LogP contribution >= 0.6 is 0 Å². The molecule has 0 saturated carbocycles. The quantitative estimate of drug-likeness (QED) is 0.606. The third-order valence-electron chi connectivity index (χ3n) is 5.02. The van der Waals surface area contributed by atoms with Crippen LogP contribution in [0.4, 0.5) is 0 Å². The molecule has 0 aromatic heterocycles. The minimum Gasteiger partial charge on any atom is -0.459 e. The summed E-state index contributed by atoms with van der Waals surface area (Å²) in [4.78, 5) is 24.9. The van der Waals surface area contributed by atoms with Gasteiger partial charge in [-0.1, -0.05) is 63.6 Å². The fourth-order valence-electron chi connectivity index (χ4n) is 2.93. The van der Waals surface area contributed by atoms with Gasteiger partial charge in [-0.25, -0.2) is 9.59 Å². The molecule has 0 heterocycles. The summed E-state index contributed by atoms with van der Waals surface area (Å²) in [6, 6.07) is 17.8. The first-order valence-electron chi connectivity index (χ1n) is 9.46. The predicted molar refractivity (Wildman–Crippen MR) is 106 cm³/mol. The SMILES string of the molecule is CCC(C)C(OC(=O)c1ccccc1)C(C)C(C)OC(=O)c1ccccc1. The lowest BCUT2D eigenvalue weighted by molar-refractivity contribution is -0.0399. The summed E-state index contributed by atoms with van der Waals surface area (Å²) in [7, 11) is 0. The van der Waals surface area contributed by atoms with E-state index in [-0.39, 0.29) is 36.0 Å². The van der Waals surface area contributed by atoms with Crippen molar-refractivity contribution in [3.05, 3.63) is 71.8 Å². The van der Waals surface area contributed by atoms with Gasteiger partial charge in [0.05, 0.1) is 11.1 Å². The van der Waals surface area contributed by atoms with Crippen LogP contribution < -0.4 is 0 Å². The number of hydrogen-bond donors (Lipinski definition) is 0. The first-order chi connectivity index (χ1) is 12.9. The molecule has 4 atom stereocenters. The van der Waals surface area contributed by atoms with Gasteiger partial charge in [-0.05, 0) is 37.1 Å². The Labute approximate surface area is 161 Å². The highest BCUT2D eigenvalue weighted by atomic mass is 16.6.